The summed E-state index contributed by atoms with van der Waals surface area (Å²) in [5, 5.41) is 1.60. The first-order chi connectivity index (χ1) is 13.6. The minimum absolute atomic E-state index is 0.175. The van der Waals surface area contributed by atoms with Crippen LogP contribution in [0.1, 0.15) is 10.5 Å². The van der Waals surface area contributed by atoms with Crippen LogP contribution in [0.4, 0.5) is 0 Å². The maximum atomic E-state index is 12.6. The standard InChI is InChI=1S/C20H20ClN3O3S/c1-27-11-10-24-17-5-3-2-4-14(17)12-18(24)20(26)23-22-19(25)13-28-16-8-6-15(21)7-9-16/h2-9,12H,10-11,13H2,1H3,(H,22,25)(H,23,26). The van der Waals surface area contributed by atoms with Crippen molar-refractivity contribution in [1.82, 2.24) is 15.4 Å². The molecule has 0 unspecified atom stereocenters. The van der Waals surface area contributed by atoms with Crippen molar-refractivity contribution in [1.29, 1.82) is 0 Å². The Bertz CT molecular complexity index is 972. The number of carbonyl (C=O) groups excluding carboxylic acids is 2. The Morgan fingerprint density at radius 2 is 1.86 bits per heavy atom. The van der Waals surface area contributed by atoms with Crippen LogP contribution in [0.2, 0.25) is 5.02 Å². The van der Waals surface area contributed by atoms with Crippen LogP contribution in [0.25, 0.3) is 10.9 Å². The summed E-state index contributed by atoms with van der Waals surface area (Å²) in [6.45, 7) is 1.01. The number of para-hydroxylation sites is 1. The van der Waals surface area contributed by atoms with E-state index in [1.54, 1.807) is 25.3 Å². The molecule has 8 heteroatoms. The molecule has 0 atom stereocenters. The van der Waals surface area contributed by atoms with Crippen molar-refractivity contribution in [3.63, 3.8) is 0 Å². The number of hydrogen-bond acceptors (Lipinski definition) is 4. The molecule has 0 saturated heterocycles. The van der Waals surface area contributed by atoms with Crippen molar-refractivity contribution >= 4 is 46.1 Å². The van der Waals surface area contributed by atoms with Gasteiger partial charge in [-0.15, -0.1) is 11.8 Å². The summed E-state index contributed by atoms with van der Waals surface area (Å²) in [5.41, 5.74) is 6.35. The summed E-state index contributed by atoms with van der Waals surface area (Å²) in [6, 6.07) is 16.7. The molecular weight excluding hydrogens is 398 g/mol. The Labute approximate surface area is 172 Å². The maximum absolute atomic E-state index is 12.6. The van der Waals surface area contributed by atoms with Gasteiger partial charge in [0.15, 0.2) is 0 Å². The van der Waals surface area contributed by atoms with Crippen molar-refractivity contribution in [2.75, 3.05) is 19.5 Å². The van der Waals surface area contributed by atoms with E-state index in [-0.39, 0.29) is 17.6 Å². The predicted octanol–water partition coefficient (Wildman–Crippen LogP) is 3.49. The van der Waals surface area contributed by atoms with Gasteiger partial charge in [0.05, 0.1) is 12.4 Å². The first kappa shape index (κ1) is 20.3. The topological polar surface area (TPSA) is 72.4 Å². The van der Waals surface area contributed by atoms with Gasteiger partial charge in [-0.25, -0.2) is 0 Å². The largest absolute Gasteiger partial charge is 0.383 e. The van der Waals surface area contributed by atoms with E-state index < -0.39 is 0 Å². The van der Waals surface area contributed by atoms with Gasteiger partial charge in [0.1, 0.15) is 5.69 Å². The second kappa shape index (κ2) is 9.64. The number of hydrazine groups is 1. The molecule has 1 aromatic heterocycles. The quantitative estimate of drug-likeness (QED) is 0.456. The Kier molecular flexibility index (Phi) is 6.97. The van der Waals surface area contributed by atoms with Crippen molar-refractivity contribution in [3.8, 4) is 0 Å². The lowest BCUT2D eigenvalue weighted by Crippen LogP contribution is -2.43. The number of nitrogens with zero attached hydrogens (tertiary/aromatic N) is 1. The number of carbonyl (C=O) groups is 2. The molecule has 1 heterocycles. The fourth-order valence-corrected chi connectivity index (χ4v) is 3.55. The molecule has 0 aliphatic carbocycles. The van der Waals surface area contributed by atoms with Crippen LogP contribution in [0, 0.1) is 0 Å². The molecule has 3 aromatic rings. The summed E-state index contributed by atoms with van der Waals surface area (Å²) < 4.78 is 7.02. The highest BCUT2D eigenvalue weighted by molar-refractivity contribution is 8.00. The number of hydrogen-bond donors (Lipinski definition) is 2. The highest BCUT2D eigenvalue weighted by Crippen LogP contribution is 2.21. The molecule has 2 amide bonds. The van der Waals surface area contributed by atoms with E-state index in [4.69, 9.17) is 16.3 Å². The lowest BCUT2D eigenvalue weighted by atomic mass is 10.2. The number of ether oxygens (including phenoxy) is 1. The average Bonchev–Trinajstić information content (AvgIpc) is 3.08. The molecule has 0 radical (unpaired) electrons. The molecule has 0 bridgehead atoms. The number of amides is 2. The van der Waals surface area contributed by atoms with Gasteiger partial charge in [0.25, 0.3) is 5.91 Å². The number of rotatable bonds is 7. The van der Waals surface area contributed by atoms with Gasteiger partial charge in [-0.1, -0.05) is 29.8 Å². The molecule has 28 heavy (non-hydrogen) atoms. The smallest absolute Gasteiger partial charge is 0.286 e. The van der Waals surface area contributed by atoms with Gasteiger partial charge in [-0.2, -0.15) is 0 Å². The van der Waals surface area contributed by atoms with E-state index in [1.165, 1.54) is 11.8 Å². The van der Waals surface area contributed by atoms with E-state index in [0.29, 0.717) is 23.9 Å². The predicted molar refractivity (Wildman–Crippen MR) is 112 cm³/mol. The van der Waals surface area contributed by atoms with E-state index >= 15 is 0 Å². The van der Waals surface area contributed by atoms with Crippen LogP contribution in [0.3, 0.4) is 0 Å². The fraction of sp³-hybridized carbons (Fsp3) is 0.200. The Morgan fingerprint density at radius 3 is 2.61 bits per heavy atom. The molecule has 0 aliphatic rings. The van der Waals surface area contributed by atoms with Crippen molar-refractivity contribution in [2.45, 2.75) is 11.4 Å². The normalized spacial score (nSPS) is 10.8. The third-order valence-electron chi connectivity index (χ3n) is 4.06. The number of aromatic nitrogens is 1. The molecule has 0 aliphatic heterocycles. The Hall–Kier alpha value is -2.48. The van der Waals surface area contributed by atoms with Crippen molar-refractivity contribution < 1.29 is 14.3 Å². The molecule has 0 fully saturated rings. The van der Waals surface area contributed by atoms with Gasteiger partial charge in [0, 0.05) is 34.5 Å². The first-order valence-electron chi connectivity index (χ1n) is 8.63. The summed E-state index contributed by atoms with van der Waals surface area (Å²) in [7, 11) is 1.62. The third-order valence-corrected chi connectivity index (χ3v) is 5.33. The molecule has 2 aromatic carbocycles. The highest BCUT2D eigenvalue weighted by Gasteiger charge is 2.16. The molecule has 146 valence electrons. The number of nitrogens with one attached hydrogen (secondary N) is 2. The number of fused-ring (bicyclic) bond motifs is 1. The number of methoxy groups -OCH3 is 1. The van der Waals surface area contributed by atoms with Crippen LogP contribution < -0.4 is 10.9 Å². The number of benzene rings is 2. The Morgan fingerprint density at radius 1 is 1.11 bits per heavy atom. The zero-order valence-electron chi connectivity index (χ0n) is 15.3. The van der Waals surface area contributed by atoms with Gasteiger partial charge in [0.2, 0.25) is 5.91 Å². The monoisotopic (exact) mass is 417 g/mol. The van der Waals surface area contributed by atoms with Gasteiger partial charge in [-0.3, -0.25) is 20.4 Å². The Balaban J connectivity index is 1.61. The summed E-state index contributed by atoms with van der Waals surface area (Å²) in [4.78, 5) is 25.6. The second-order valence-corrected chi connectivity index (χ2v) is 7.46. The molecule has 3 rings (SSSR count). The van der Waals surface area contributed by atoms with Crippen LogP contribution in [0.5, 0.6) is 0 Å². The highest BCUT2D eigenvalue weighted by atomic mass is 35.5. The van der Waals surface area contributed by atoms with Crippen LogP contribution in [-0.4, -0.2) is 35.9 Å². The average molecular weight is 418 g/mol. The van der Waals surface area contributed by atoms with Gasteiger partial charge >= 0.3 is 0 Å². The van der Waals surface area contributed by atoms with E-state index in [9.17, 15) is 9.59 Å². The summed E-state index contributed by atoms with van der Waals surface area (Å²) in [6.07, 6.45) is 0. The van der Waals surface area contributed by atoms with Crippen LogP contribution in [0.15, 0.2) is 59.5 Å². The summed E-state index contributed by atoms with van der Waals surface area (Å²) >= 11 is 7.20. The zero-order valence-corrected chi connectivity index (χ0v) is 16.8. The summed E-state index contributed by atoms with van der Waals surface area (Å²) in [5.74, 6) is -0.501. The lowest BCUT2D eigenvalue weighted by Gasteiger charge is -2.11. The number of halogens is 1. The third kappa shape index (κ3) is 5.07. The second-order valence-electron chi connectivity index (χ2n) is 5.98. The van der Waals surface area contributed by atoms with Gasteiger partial charge < -0.3 is 9.30 Å². The first-order valence-corrected chi connectivity index (χ1v) is 9.99. The van der Waals surface area contributed by atoms with E-state index in [0.717, 1.165) is 15.8 Å². The molecule has 0 saturated carbocycles. The van der Waals surface area contributed by atoms with Crippen LogP contribution in [-0.2, 0) is 16.1 Å². The van der Waals surface area contributed by atoms with E-state index in [1.807, 2.05) is 41.0 Å². The zero-order chi connectivity index (χ0) is 19.9. The van der Waals surface area contributed by atoms with Gasteiger partial charge in [-0.05, 0) is 36.4 Å². The molecular formula is C20H20ClN3O3S. The minimum atomic E-state index is -0.378. The SMILES string of the molecule is COCCn1c(C(=O)NNC(=O)CSc2ccc(Cl)cc2)cc2ccccc21. The number of thioether (sulfide) groups is 1. The molecule has 0 spiro atoms. The molecule has 2 N–H and O–H groups in total. The van der Waals surface area contributed by atoms with E-state index in [2.05, 4.69) is 10.9 Å². The van der Waals surface area contributed by atoms with Crippen LogP contribution >= 0.6 is 23.4 Å². The minimum Gasteiger partial charge on any atom is -0.383 e. The maximum Gasteiger partial charge on any atom is 0.286 e. The van der Waals surface area contributed by atoms with Crippen molar-refractivity contribution in [2.24, 2.45) is 0 Å². The molecule has 6 nitrogen and oxygen atoms in total. The fourth-order valence-electron chi connectivity index (χ4n) is 2.73. The van der Waals surface area contributed by atoms with Crippen molar-refractivity contribution in [3.05, 3.63) is 65.3 Å². The lowest BCUT2D eigenvalue weighted by molar-refractivity contribution is -0.119.